The lowest BCUT2D eigenvalue weighted by molar-refractivity contribution is 0.437. The Bertz CT molecular complexity index is 3140. The van der Waals surface area contributed by atoms with Crippen LogP contribution >= 0.6 is 0 Å². The Balaban J connectivity index is 1.17. The van der Waals surface area contributed by atoms with Crippen LogP contribution in [0.2, 0.25) is 0 Å². The molecule has 0 radical (unpaired) electrons. The van der Waals surface area contributed by atoms with E-state index in [2.05, 4.69) is 177 Å². The van der Waals surface area contributed by atoms with Gasteiger partial charge in [0.2, 0.25) is 0 Å². The van der Waals surface area contributed by atoms with Gasteiger partial charge in [0, 0.05) is 10.8 Å². The molecule has 308 valence electrons. The molecule has 0 spiro atoms. The van der Waals surface area contributed by atoms with Crippen LogP contribution in [0.4, 0.5) is 0 Å². The first-order valence-corrected chi connectivity index (χ1v) is 21.4. The number of furan rings is 1. The van der Waals surface area contributed by atoms with Crippen molar-refractivity contribution in [1.82, 2.24) is 0 Å². The Morgan fingerprint density at radius 3 is 1.97 bits per heavy atom. The Kier molecular flexibility index (Phi) is 15.1. The predicted octanol–water partition coefficient (Wildman–Crippen LogP) is 17.6. The van der Waals surface area contributed by atoms with Gasteiger partial charge < -0.3 is 9.15 Å². The summed E-state index contributed by atoms with van der Waals surface area (Å²) in [5.41, 5.74) is 8.06. The summed E-state index contributed by atoms with van der Waals surface area (Å²) >= 11 is 0. The lowest BCUT2D eigenvalue weighted by Crippen LogP contribution is -1.95. The van der Waals surface area contributed by atoms with E-state index >= 15 is 0 Å². The summed E-state index contributed by atoms with van der Waals surface area (Å²) in [6.07, 6.45) is 24.1. The van der Waals surface area contributed by atoms with Crippen LogP contribution in [0.1, 0.15) is 36.1 Å². The van der Waals surface area contributed by atoms with Crippen LogP contribution in [-0.2, 0) is 0 Å². The molecular weight excluding hydrogens is 765 g/mol. The normalized spacial score (nSPS) is 11.9. The number of hydrogen-bond donors (Lipinski definition) is 0. The molecule has 1 heterocycles. The van der Waals surface area contributed by atoms with E-state index in [-0.39, 0.29) is 0 Å². The van der Waals surface area contributed by atoms with Crippen LogP contribution in [0, 0.1) is 6.92 Å². The minimum atomic E-state index is 0.680. The molecule has 0 saturated heterocycles. The number of hydrogen-bond acceptors (Lipinski definition) is 2. The Hall–Kier alpha value is -7.94. The third kappa shape index (κ3) is 11.3. The van der Waals surface area contributed by atoms with Crippen molar-refractivity contribution in [2.75, 3.05) is 0 Å². The molecule has 7 aromatic rings. The van der Waals surface area contributed by atoms with Gasteiger partial charge >= 0.3 is 0 Å². The molecule has 1 aromatic heterocycles. The van der Waals surface area contributed by atoms with Crippen molar-refractivity contribution in [3.05, 3.63) is 265 Å². The number of rotatable bonds is 10. The van der Waals surface area contributed by atoms with E-state index in [1.54, 1.807) is 0 Å². The zero-order valence-corrected chi connectivity index (χ0v) is 36.2. The molecule has 6 aromatic carbocycles. The first-order valence-electron chi connectivity index (χ1n) is 21.4. The smallest absolute Gasteiger partial charge is 0.178 e. The van der Waals surface area contributed by atoms with E-state index in [0.29, 0.717) is 11.5 Å². The quantitative estimate of drug-likeness (QED) is 0.101. The highest BCUT2D eigenvalue weighted by Gasteiger charge is 2.16. The maximum atomic E-state index is 6.68. The molecule has 0 aliphatic carbocycles. The highest BCUT2D eigenvalue weighted by molar-refractivity contribution is 6.08. The molecule has 0 atom stereocenters. The molecule has 0 aliphatic rings. The van der Waals surface area contributed by atoms with Gasteiger partial charge in [0.15, 0.2) is 11.3 Å². The second-order valence-electron chi connectivity index (χ2n) is 14.8. The molecular formula is C61H52O2. The van der Waals surface area contributed by atoms with Crippen molar-refractivity contribution < 1.29 is 9.15 Å². The van der Waals surface area contributed by atoms with Gasteiger partial charge in [0.05, 0.1) is 0 Å². The molecule has 0 saturated carbocycles. The maximum Gasteiger partial charge on any atom is 0.178 e. The molecule has 0 fully saturated rings. The first kappa shape index (κ1) is 43.2. The monoisotopic (exact) mass is 816 g/mol. The van der Waals surface area contributed by atoms with E-state index in [0.717, 1.165) is 60.5 Å². The fraction of sp³-hybridized carbons (Fsp3) is 0.0492. The van der Waals surface area contributed by atoms with Crippen molar-refractivity contribution in [2.24, 2.45) is 0 Å². The number of allylic oxidation sites excluding steroid dienone is 9. The van der Waals surface area contributed by atoms with Gasteiger partial charge in [-0.05, 0) is 112 Å². The zero-order chi connectivity index (χ0) is 43.6. The topological polar surface area (TPSA) is 22.4 Å². The van der Waals surface area contributed by atoms with Gasteiger partial charge in [0.25, 0.3) is 0 Å². The van der Waals surface area contributed by atoms with Crippen molar-refractivity contribution in [3.8, 4) is 16.9 Å². The molecule has 2 heteroatoms. The number of ether oxygens (including phenoxy) is 1. The average Bonchev–Trinajstić information content (AvgIpc) is 3.68. The van der Waals surface area contributed by atoms with E-state index in [1.165, 1.54) is 16.3 Å². The van der Waals surface area contributed by atoms with Crippen LogP contribution < -0.4 is 4.74 Å². The van der Waals surface area contributed by atoms with E-state index < -0.39 is 0 Å². The average molecular weight is 817 g/mol. The lowest BCUT2D eigenvalue weighted by atomic mass is 9.99. The number of aryl methyl sites for hydroxylation is 1. The lowest BCUT2D eigenvalue weighted by Gasteiger charge is -2.09. The maximum absolute atomic E-state index is 6.68. The molecule has 63 heavy (non-hydrogen) atoms. The minimum absolute atomic E-state index is 0.680. The minimum Gasteiger partial charge on any atom is -0.453 e. The van der Waals surface area contributed by atoms with Crippen molar-refractivity contribution in [3.63, 3.8) is 0 Å². The van der Waals surface area contributed by atoms with Crippen LogP contribution in [0.25, 0.3) is 72.8 Å². The van der Waals surface area contributed by atoms with Gasteiger partial charge in [-0.3, -0.25) is 0 Å². The Labute approximate surface area is 372 Å². The Morgan fingerprint density at radius 1 is 0.524 bits per heavy atom. The summed E-state index contributed by atoms with van der Waals surface area (Å²) < 4.78 is 13.2. The molecule has 7 rings (SSSR count). The van der Waals surface area contributed by atoms with Gasteiger partial charge in [-0.25, -0.2) is 0 Å². The molecule has 0 amide bonds. The molecule has 0 bridgehead atoms. The number of fused-ring (bicyclic) bond motifs is 5. The number of benzene rings is 5. The molecule has 2 nitrogen and oxygen atoms in total. The van der Waals surface area contributed by atoms with E-state index in [4.69, 9.17) is 9.15 Å². The van der Waals surface area contributed by atoms with E-state index in [9.17, 15) is 0 Å². The van der Waals surface area contributed by atoms with Gasteiger partial charge in [-0.15, -0.1) is 0 Å². The van der Waals surface area contributed by atoms with Crippen LogP contribution in [0.5, 0.6) is 5.75 Å². The summed E-state index contributed by atoms with van der Waals surface area (Å²) in [6.45, 7) is 10.2. The van der Waals surface area contributed by atoms with Crippen molar-refractivity contribution in [1.29, 1.82) is 0 Å². The Morgan fingerprint density at radius 2 is 1.19 bits per heavy atom. The SMILES string of the molecule is C=Cc1c(/C=C\C)ccccccccc(/C=C/C=C/C=C(\C=C/C=C\C)Oc2c(C)ccc3c2oc2ccc(-c4ccc5ccccc5c4)cc23)cccccc2ccccc12. The predicted molar refractivity (Wildman–Crippen MR) is 274 cm³/mol. The fourth-order valence-corrected chi connectivity index (χ4v) is 7.30. The first-order chi connectivity index (χ1) is 31.1. The second kappa shape index (κ2) is 22.1. The largest absolute Gasteiger partial charge is 0.453 e. The zero-order valence-electron chi connectivity index (χ0n) is 36.2. The van der Waals surface area contributed by atoms with Crippen molar-refractivity contribution in [2.45, 2.75) is 20.8 Å². The third-order valence-corrected chi connectivity index (χ3v) is 10.4. The highest BCUT2D eigenvalue weighted by Crippen LogP contribution is 2.39. The molecule has 0 aliphatic heterocycles. The van der Waals surface area contributed by atoms with Crippen molar-refractivity contribution >= 4 is 61.7 Å². The summed E-state index contributed by atoms with van der Waals surface area (Å²) in [6, 6.07) is 60.9. The van der Waals surface area contributed by atoms with Crippen LogP contribution in [0.3, 0.4) is 0 Å². The molecule has 0 N–H and O–H groups in total. The summed E-state index contributed by atoms with van der Waals surface area (Å²) in [5.74, 6) is 1.38. The standard InChI is InChI=1S/C61H52O2/c1-5-8-15-35-54(62-60-46(4)38-42-57-58-45-53(41-43-59(58)63-61(57)60)52-40-39-48-30-22-23-34-51(48)44-52)36-21-14-18-29-47-27-16-11-9-10-12-19-31-49(26-6-2)55(7-3)56-37-25-24-33-50(56)32-20-13-17-28-47/h5-45H,3H2,1-2,4H3/b8-5-,10-9?,11-9?,12-10?,16-11?,17-13?,19-12?,20-13?,21-14+,26-6-,27-16?,28-17?,29-18+,31-19?,32-20?,35-15-,47-27?,47-28?,49-31?,50-32?,54-36+,55-49?,56-55?. The molecule has 0 unspecified atom stereocenters. The highest BCUT2D eigenvalue weighted by atomic mass is 16.5. The van der Waals surface area contributed by atoms with Gasteiger partial charge in [-0.2, -0.15) is 0 Å². The van der Waals surface area contributed by atoms with Crippen LogP contribution in [0.15, 0.2) is 247 Å². The summed E-state index contributed by atoms with van der Waals surface area (Å²) in [5, 5.41) is 6.76. The van der Waals surface area contributed by atoms with E-state index in [1.807, 2.05) is 98.9 Å². The third-order valence-electron chi connectivity index (χ3n) is 10.4. The van der Waals surface area contributed by atoms with Crippen LogP contribution in [-0.4, -0.2) is 0 Å². The fourth-order valence-electron chi connectivity index (χ4n) is 7.30. The van der Waals surface area contributed by atoms with Gasteiger partial charge in [-0.1, -0.05) is 219 Å². The second-order valence-corrected chi connectivity index (χ2v) is 14.8. The summed E-state index contributed by atoms with van der Waals surface area (Å²) in [4.78, 5) is 0. The van der Waals surface area contributed by atoms with Gasteiger partial charge in [0.1, 0.15) is 11.3 Å². The summed E-state index contributed by atoms with van der Waals surface area (Å²) in [7, 11) is 0.